The quantitative estimate of drug-likeness (QED) is 0.658. The fourth-order valence-corrected chi connectivity index (χ4v) is 4.17. The molecular formula is C19H21N3O3S2. The van der Waals surface area contributed by atoms with Crippen molar-refractivity contribution in [2.75, 3.05) is 19.8 Å². The number of carbonyl (C=O) groups excluding carboxylic acids is 1. The Hall–Kier alpha value is -2.29. The average molecular weight is 404 g/mol. The third-order valence-electron chi connectivity index (χ3n) is 4.04. The number of rotatable bonds is 7. The van der Waals surface area contributed by atoms with E-state index in [-0.39, 0.29) is 5.91 Å². The molecule has 0 spiro atoms. The van der Waals surface area contributed by atoms with Crippen LogP contribution >= 0.6 is 11.3 Å². The van der Waals surface area contributed by atoms with Crippen molar-refractivity contribution in [2.24, 2.45) is 0 Å². The highest BCUT2D eigenvalue weighted by molar-refractivity contribution is 7.88. The summed E-state index contributed by atoms with van der Waals surface area (Å²) in [5, 5.41) is 0.899. The second-order valence-corrected chi connectivity index (χ2v) is 9.30. The molecule has 0 unspecified atom stereocenters. The molecule has 27 heavy (non-hydrogen) atoms. The van der Waals surface area contributed by atoms with Crippen molar-refractivity contribution in [1.82, 2.24) is 14.6 Å². The van der Waals surface area contributed by atoms with Gasteiger partial charge in [-0.3, -0.25) is 4.79 Å². The zero-order valence-corrected chi connectivity index (χ0v) is 16.8. The van der Waals surface area contributed by atoms with Gasteiger partial charge in [0.2, 0.25) is 10.0 Å². The first-order valence-corrected chi connectivity index (χ1v) is 11.2. The number of carbonyl (C=O) groups is 1. The van der Waals surface area contributed by atoms with Crippen LogP contribution in [0.4, 0.5) is 0 Å². The van der Waals surface area contributed by atoms with Gasteiger partial charge in [0.15, 0.2) is 0 Å². The number of para-hydroxylation sites is 1. The van der Waals surface area contributed by atoms with Crippen molar-refractivity contribution in [1.29, 1.82) is 0 Å². The predicted molar refractivity (Wildman–Crippen MR) is 108 cm³/mol. The highest BCUT2D eigenvalue weighted by Gasteiger charge is 2.14. The molecule has 1 amide bonds. The van der Waals surface area contributed by atoms with Crippen LogP contribution in [-0.2, 0) is 23.0 Å². The van der Waals surface area contributed by atoms with E-state index in [9.17, 15) is 13.2 Å². The normalized spacial score (nSPS) is 11.6. The summed E-state index contributed by atoms with van der Waals surface area (Å²) in [5.41, 5.74) is 2.51. The Bertz CT molecular complexity index is 1010. The Morgan fingerprint density at radius 1 is 1.15 bits per heavy atom. The topological polar surface area (TPSA) is 79.4 Å². The molecule has 142 valence electrons. The number of aromatic nitrogens is 1. The first-order valence-electron chi connectivity index (χ1n) is 8.45. The van der Waals surface area contributed by atoms with Gasteiger partial charge in [-0.15, -0.1) is 11.3 Å². The number of fused-ring (bicyclic) bond motifs is 1. The molecule has 0 saturated heterocycles. The molecule has 0 aliphatic rings. The molecule has 0 radical (unpaired) electrons. The number of nitrogens with zero attached hydrogens (tertiary/aromatic N) is 2. The largest absolute Gasteiger partial charge is 0.335 e. The van der Waals surface area contributed by atoms with Crippen molar-refractivity contribution < 1.29 is 13.2 Å². The highest BCUT2D eigenvalue weighted by Crippen LogP contribution is 2.22. The number of thiazole rings is 1. The van der Waals surface area contributed by atoms with E-state index in [0.29, 0.717) is 25.1 Å². The minimum Gasteiger partial charge on any atom is -0.335 e. The maximum atomic E-state index is 12.6. The zero-order valence-electron chi connectivity index (χ0n) is 15.2. The van der Waals surface area contributed by atoms with Gasteiger partial charge >= 0.3 is 0 Å². The lowest BCUT2D eigenvalue weighted by atomic mass is 10.1. The van der Waals surface area contributed by atoms with E-state index in [1.807, 2.05) is 36.4 Å². The molecule has 1 aromatic heterocycles. The molecule has 2 aromatic carbocycles. The van der Waals surface area contributed by atoms with Crippen LogP contribution in [0.25, 0.3) is 10.2 Å². The number of hydrogen-bond acceptors (Lipinski definition) is 5. The van der Waals surface area contributed by atoms with E-state index in [4.69, 9.17) is 0 Å². The van der Waals surface area contributed by atoms with Gasteiger partial charge in [0.05, 0.1) is 23.0 Å². The van der Waals surface area contributed by atoms with Crippen LogP contribution in [0.5, 0.6) is 0 Å². The van der Waals surface area contributed by atoms with Crippen molar-refractivity contribution in [3.63, 3.8) is 0 Å². The Morgan fingerprint density at radius 3 is 2.52 bits per heavy atom. The molecule has 0 fully saturated rings. The number of amides is 1. The number of sulfonamides is 1. The Morgan fingerprint density at radius 2 is 1.85 bits per heavy atom. The minimum atomic E-state index is -3.18. The lowest BCUT2D eigenvalue weighted by Crippen LogP contribution is -2.26. The van der Waals surface area contributed by atoms with Crippen LogP contribution in [0.3, 0.4) is 0 Å². The summed E-state index contributed by atoms with van der Waals surface area (Å²) in [5.74, 6) is -0.0740. The van der Waals surface area contributed by atoms with E-state index >= 15 is 0 Å². The van der Waals surface area contributed by atoms with Gasteiger partial charge in [0, 0.05) is 19.2 Å². The first kappa shape index (κ1) is 19.5. The second-order valence-electron chi connectivity index (χ2n) is 6.35. The summed E-state index contributed by atoms with van der Waals surface area (Å²) in [6, 6.07) is 15.2. The zero-order chi connectivity index (χ0) is 19.4. The maximum Gasteiger partial charge on any atom is 0.253 e. The molecule has 0 atom stereocenters. The first-order chi connectivity index (χ1) is 12.8. The van der Waals surface area contributed by atoms with Gasteiger partial charge in [0.1, 0.15) is 5.01 Å². The number of nitrogens with one attached hydrogen (secondary N) is 1. The fraction of sp³-hybridized carbons (Fsp3) is 0.263. The summed E-state index contributed by atoms with van der Waals surface area (Å²) in [6.07, 6.45) is 1.71. The van der Waals surface area contributed by atoms with Gasteiger partial charge in [-0.05, 0) is 36.2 Å². The third kappa shape index (κ3) is 5.35. The summed E-state index contributed by atoms with van der Waals surface area (Å²) >= 11 is 1.59. The van der Waals surface area contributed by atoms with Gasteiger partial charge in [-0.25, -0.2) is 18.1 Å². The standard InChI is InChI=1S/C19H21N3O3S2/c1-22(13-18-21-16-5-3-4-6-17(16)26-18)19(23)15-9-7-14(8-10-15)11-12-20-27(2,24)25/h3-10,20H,11-13H2,1-2H3. The smallest absolute Gasteiger partial charge is 0.253 e. The molecule has 1 N–H and O–H groups in total. The summed E-state index contributed by atoms with van der Waals surface area (Å²) < 4.78 is 25.7. The second kappa shape index (κ2) is 8.16. The van der Waals surface area contributed by atoms with E-state index in [1.165, 1.54) is 0 Å². The SMILES string of the molecule is CN(Cc1nc2ccccc2s1)C(=O)c1ccc(CCNS(C)(=O)=O)cc1. The van der Waals surface area contributed by atoms with Gasteiger partial charge in [0.25, 0.3) is 5.91 Å². The van der Waals surface area contributed by atoms with Crippen LogP contribution in [0.15, 0.2) is 48.5 Å². The van der Waals surface area contributed by atoms with E-state index in [2.05, 4.69) is 9.71 Å². The monoisotopic (exact) mass is 403 g/mol. The van der Waals surface area contributed by atoms with Crippen molar-refractivity contribution in [3.05, 3.63) is 64.7 Å². The highest BCUT2D eigenvalue weighted by atomic mass is 32.2. The molecule has 3 aromatic rings. The van der Waals surface area contributed by atoms with Crippen LogP contribution in [0.1, 0.15) is 20.9 Å². The van der Waals surface area contributed by atoms with Crippen molar-refractivity contribution in [3.8, 4) is 0 Å². The lowest BCUT2D eigenvalue weighted by molar-refractivity contribution is 0.0785. The lowest BCUT2D eigenvalue weighted by Gasteiger charge is -2.16. The van der Waals surface area contributed by atoms with E-state index in [1.54, 1.807) is 35.4 Å². The molecule has 1 heterocycles. The van der Waals surface area contributed by atoms with E-state index < -0.39 is 10.0 Å². The molecule has 3 rings (SSSR count). The molecular weight excluding hydrogens is 382 g/mol. The fourth-order valence-electron chi connectivity index (χ4n) is 2.68. The summed E-state index contributed by atoms with van der Waals surface area (Å²) in [7, 11) is -1.42. The van der Waals surface area contributed by atoms with Crippen LogP contribution in [0, 0.1) is 0 Å². The molecule has 0 saturated carbocycles. The summed E-state index contributed by atoms with van der Waals surface area (Å²) in [6.45, 7) is 0.793. The van der Waals surface area contributed by atoms with Gasteiger partial charge in [-0.2, -0.15) is 0 Å². The summed E-state index contributed by atoms with van der Waals surface area (Å²) in [4.78, 5) is 18.8. The number of benzene rings is 2. The third-order valence-corrected chi connectivity index (χ3v) is 5.79. The Balaban J connectivity index is 1.60. The number of hydrogen-bond donors (Lipinski definition) is 1. The van der Waals surface area contributed by atoms with Crippen molar-refractivity contribution in [2.45, 2.75) is 13.0 Å². The average Bonchev–Trinajstić information content (AvgIpc) is 3.03. The molecule has 8 heteroatoms. The molecule has 6 nitrogen and oxygen atoms in total. The Labute approximate surface area is 162 Å². The van der Waals surface area contributed by atoms with Crippen LogP contribution in [-0.4, -0.2) is 44.1 Å². The van der Waals surface area contributed by atoms with E-state index in [0.717, 1.165) is 27.0 Å². The van der Waals surface area contributed by atoms with Crippen LogP contribution in [0.2, 0.25) is 0 Å². The predicted octanol–water partition coefficient (Wildman–Crippen LogP) is 2.66. The van der Waals surface area contributed by atoms with Crippen LogP contribution < -0.4 is 4.72 Å². The van der Waals surface area contributed by atoms with Gasteiger partial charge in [-0.1, -0.05) is 24.3 Å². The van der Waals surface area contributed by atoms with Crippen molar-refractivity contribution >= 4 is 37.5 Å². The Kier molecular flexibility index (Phi) is 5.88. The molecule has 0 bridgehead atoms. The molecule has 0 aliphatic heterocycles. The maximum absolute atomic E-state index is 12.6. The minimum absolute atomic E-state index is 0.0740. The van der Waals surface area contributed by atoms with Gasteiger partial charge < -0.3 is 4.90 Å². The molecule has 0 aliphatic carbocycles.